The van der Waals surface area contributed by atoms with Crippen LogP contribution in [0.5, 0.6) is 0 Å². The Labute approximate surface area is 177 Å². The van der Waals surface area contributed by atoms with Gasteiger partial charge in [-0.1, -0.05) is 35.1 Å². The molecule has 2 N–H and O–H groups in total. The number of methoxy groups -OCH3 is 1. The van der Waals surface area contributed by atoms with Crippen molar-refractivity contribution in [3.8, 4) is 0 Å². The van der Waals surface area contributed by atoms with E-state index < -0.39 is 21.9 Å². The SMILES string of the molecule is COC(=O)c1cccc(NS(=O)(=O)c2nnc(NC(=O)c3ccc(C)cc3)s2)c1C. The quantitative estimate of drug-likeness (QED) is 0.440. The number of carbonyl (C=O) groups excluding carboxylic acids is 2. The molecule has 3 rings (SSSR count). The minimum atomic E-state index is -4.08. The highest BCUT2D eigenvalue weighted by Gasteiger charge is 2.23. The van der Waals surface area contributed by atoms with E-state index in [1.807, 2.05) is 6.92 Å². The Balaban J connectivity index is 1.78. The van der Waals surface area contributed by atoms with Crippen LogP contribution in [0.2, 0.25) is 0 Å². The second-order valence-electron chi connectivity index (χ2n) is 6.27. The number of hydrogen-bond donors (Lipinski definition) is 2. The minimum absolute atomic E-state index is 0.0426. The summed E-state index contributed by atoms with van der Waals surface area (Å²) in [6.07, 6.45) is 0. The van der Waals surface area contributed by atoms with Gasteiger partial charge in [-0.05, 0) is 43.7 Å². The third-order valence-corrected chi connectivity index (χ3v) is 6.73. The van der Waals surface area contributed by atoms with Gasteiger partial charge < -0.3 is 4.74 Å². The van der Waals surface area contributed by atoms with Crippen LogP contribution in [0.4, 0.5) is 10.8 Å². The van der Waals surface area contributed by atoms with Crippen LogP contribution >= 0.6 is 11.3 Å². The summed E-state index contributed by atoms with van der Waals surface area (Å²) in [5.41, 5.74) is 2.27. The highest BCUT2D eigenvalue weighted by Crippen LogP contribution is 2.26. The van der Waals surface area contributed by atoms with Crippen LogP contribution in [0.25, 0.3) is 0 Å². The maximum absolute atomic E-state index is 12.7. The van der Waals surface area contributed by atoms with Gasteiger partial charge in [0.1, 0.15) is 0 Å². The van der Waals surface area contributed by atoms with E-state index in [4.69, 9.17) is 4.74 Å². The fourth-order valence-electron chi connectivity index (χ4n) is 2.51. The van der Waals surface area contributed by atoms with Crippen LogP contribution < -0.4 is 10.0 Å². The van der Waals surface area contributed by atoms with E-state index in [9.17, 15) is 18.0 Å². The molecule has 1 heterocycles. The van der Waals surface area contributed by atoms with Crippen molar-refractivity contribution in [2.75, 3.05) is 17.1 Å². The lowest BCUT2D eigenvalue weighted by molar-refractivity contribution is 0.0600. The van der Waals surface area contributed by atoms with Crippen molar-refractivity contribution in [3.05, 3.63) is 64.7 Å². The molecule has 0 unspecified atom stereocenters. The van der Waals surface area contributed by atoms with Gasteiger partial charge in [0.15, 0.2) is 0 Å². The topological polar surface area (TPSA) is 127 Å². The number of amides is 1. The molecule has 0 saturated heterocycles. The smallest absolute Gasteiger partial charge is 0.338 e. The first-order valence-electron chi connectivity index (χ1n) is 8.63. The summed E-state index contributed by atoms with van der Waals surface area (Å²) in [5, 5.41) is 9.96. The average molecular weight is 447 g/mol. The van der Waals surface area contributed by atoms with Crippen molar-refractivity contribution < 1.29 is 22.7 Å². The first kappa shape index (κ1) is 21.4. The second-order valence-corrected chi connectivity index (χ2v) is 9.10. The van der Waals surface area contributed by atoms with Gasteiger partial charge in [-0.2, -0.15) is 8.42 Å². The van der Waals surface area contributed by atoms with Crippen molar-refractivity contribution >= 4 is 44.1 Å². The summed E-state index contributed by atoms with van der Waals surface area (Å²) in [6, 6.07) is 11.5. The van der Waals surface area contributed by atoms with E-state index >= 15 is 0 Å². The number of sulfonamides is 1. The molecule has 0 spiro atoms. The van der Waals surface area contributed by atoms with E-state index in [-0.39, 0.29) is 20.7 Å². The molecular formula is C19H18N4O5S2. The molecule has 0 aliphatic heterocycles. The number of aryl methyl sites for hydroxylation is 1. The van der Waals surface area contributed by atoms with Gasteiger partial charge in [-0.15, -0.1) is 10.2 Å². The van der Waals surface area contributed by atoms with E-state index in [1.165, 1.54) is 25.3 Å². The van der Waals surface area contributed by atoms with E-state index in [0.29, 0.717) is 22.5 Å². The molecule has 1 aromatic heterocycles. The zero-order valence-electron chi connectivity index (χ0n) is 16.3. The van der Waals surface area contributed by atoms with Gasteiger partial charge in [-0.25, -0.2) is 4.79 Å². The number of nitrogens with zero attached hydrogens (tertiary/aromatic N) is 2. The summed E-state index contributed by atoms with van der Waals surface area (Å²) in [5.74, 6) is -1.00. The molecule has 2 aromatic carbocycles. The fourth-order valence-corrected chi connectivity index (χ4v) is 4.53. The maximum atomic E-state index is 12.7. The van der Waals surface area contributed by atoms with Crippen molar-refractivity contribution in [2.45, 2.75) is 18.2 Å². The third-order valence-electron chi connectivity index (χ3n) is 4.15. The van der Waals surface area contributed by atoms with Crippen molar-refractivity contribution in [2.24, 2.45) is 0 Å². The Morgan fingerprint density at radius 1 is 1.03 bits per heavy atom. The van der Waals surface area contributed by atoms with Crippen LogP contribution in [0.1, 0.15) is 31.8 Å². The Morgan fingerprint density at radius 3 is 2.40 bits per heavy atom. The molecule has 3 aromatic rings. The first-order valence-corrected chi connectivity index (χ1v) is 10.9. The molecule has 156 valence electrons. The van der Waals surface area contributed by atoms with Crippen molar-refractivity contribution in [1.29, 1.82) is 0 Å². The van der Waals surface area contributed by atoms with E-state index in [0.717, 1.165) is 5.56 Å². The fraction of sp³-hybridized carbons (Fsp3) is 0.158. The lowest BCUT2D eigenvalue weighted by Crippen LogP contribution is -2.15. The number of anilines is 2. The number of hydrogen-bond acceptors (Lipinski definition) is 8. The number of benzene rings is 2. The maximum Gasteiger partial charge on any atom is 0.338 e. The highest BCUT2D eigenvalue weighted by molar-refractivity contribution is 7.94. The molecule has 0 atom stereocenters. The first-order chi connectivity index (χ1) is 14.2. The zero-order chi connectivity index (χ0) is 21.9. The summed E-state index contributed by atoms with van der Waals surface area (Å²) >= 11 is 0.710. The van der Waals surface area contributed by atoms with Gasteiger partial charge in [0.05, 0.1) is 18.4 Å². The molecule has 11 heteroatoms. The lowest BCUT2D eigenvalue weighted by Gasteiger charge is -2.11. The van der Waals surface area contributed by atoms with Crippen molar-refractivity contribution in [3.63, 3.8) is 0 Å². The molecule has 0 bridgehead atoms. The molecule has 0 saturated carbocycles. The number of ether oxygens (including phenoxy) is 1. The molecule has 30 heavy (non-hydrogen) atoms. The standard InChI is InChI=1S/C19H18N4O5S2/c1-11-7-9-13(10-8-11)16(24)20-18-21-22-19(29-18)30(26,27)23-15-6-4-5-14(12(15)2)17(25)28-3/h4-10,23H,1-3H3,(H,20,21,24). The summed E-state index contributed by atoms with van der Waals surface area (Å²) in [6.45, 7) is 3.50. The third kappa shape index (κ3) is 4.63. The normalized spacial score (nSPS) is 11.0. The Bertz CT molecular complexity index is 1200. The Hall–Kier alpha value is -3.31. The Morgan fingerprint density at radius 2 is 1.73 bits per heavy atom. The molecule has 9 nitrogen and oxygen atoms in total. The summed E-state index contributed by atoms with van der Waals surface area (Å²) in [4.78, 5) is 24.1. The van der Waals surface area contributed by atoms with Crippen LogP contribution in [-0.2, 0) is 14.8 Å². The number of esters is 1. The van der Waals surface area contributed by atoms with Crippen LogP contribution in [0.3, 0.4) is 0 Å². The van der Waals surface area contributed by atoms with Gasteiger partial charge in [0.2, 0.25) is 5.13 Å². The molecule has 0 fully saturated rings. The van der Waals surface area contributed by atoms with Gasteiger partial charge in [0.25, 0.3) is 20.3 Å². The predicted molar refractivity (Wildman–Crippen MR) is 112 cm³/mol. The number of aromatic nitrogens is 2. The van der Waals surface area contributed by atoms with Crippen LogP contribution in [0.15, 0.2) is 46.8 Å². The lowest BCUT2D eigenvalue weighted by atomic mass is 10.1. The molecule has 1 amide bonds. The minimum Gasteiger partial charge on any atom is -0.465 e. The zero-order valence-corrected chi connectivity index (χ0v) is 17.9. The molecule has 0 aliphatic carbocycles. The molecule has 0 aliphatic rings. The summed E-state index contributed by atoms with van der Waals surface area (Å²) in [7, 11) is -2.84. The number of rotatable bonds is 6. The Kier molecular flexibility index (Phi) is 6.13. The number of nitrogens with one attached hydrogen (secondary N) is 2. The van der Waals surface area contributed by atoms with E-state index in [1.54, 1.807) is 31.2 Å². The van der Waals surface area contributed by atoms with E-state index in [2.05, 4.69) is 20.2 Å². The van der Waals surface area contributed by atoms with Gasteiger partial charge in [-0.3, -0.25) is 14.8 Å². The van der Waals surface area contributed by atoms with Gasteiger partial charge >= 0.3 is 5.97 Å². The molecule has 0 radical (unpaired) electrons. The summed E-state index contributed by atoms with van der Waals surface area (Å²) < 4.78 is 32.1. The molecular weight excluding hydrogens is 428 g/mol. The average Bonchev–Trinajstić information content (AvgIpc) is 3.19. The predicted octanol–water partition coefficient (Wildman–Crippen LogP) is 2.99. The van der Waals surface area contributed by atoms with Gasteiger partial charge in [0, 0.05) is 5.56 Å². The number of carbonyl (C=O) groups is 2. The van der Waals surface area contributed by atoms with Crippen LogP contribution in [0, 0.1) is 13.8 Å². The van der Waals surface area contributed by atoms with Crippen LogP contribution in [-0.4, -0.2) is 37.6 Å². The second kappa shape index (κ2) is 8.59. The monoisotopic (exact) mass is 446 g/mol. The largest absolute Gasteiger partial charge is 0.465 e. The van der Waals surface area contributed by atoms with Crippen molar-refractivity contribution in [1.82, 2.24) is 10.2 Å². The highest BCUT2D eigenvalue weighted by atomic mass is 32.2.